The predicted molar refractivity (Wildman–Crippen MR) is 61.9 cm³/mol. The summed E-state index contributed by atoms with van der Waals surface area (Å²) in [5.41, 5.74) is 0. The van der Waals surface area contributed by atoms with E-state index in [2.05, 4.69) is 29.8 Å². The van der Waals surface area contributed by atoms with Crippen molar-refractivity contribution in [2.45, 2.75) is 39.3 Å². The van der Waals surface area contributed by atoms with Crippen molar-refractivity contribution in [1.29, 1.82) is 0 Å². The molecular formula is C11H21N3O2. The van der Waals surface area contributed by atoms with Crippen LogP contribution in [0.1, 0.15) is 27.2 Å². The van der Waals surface area contributed by atoms with Gasteiger partial charge in [0.25, 0.3) is 0 Å². The lowest BCUT2D eigenvalue weighted by atomic mass is 9.89. The van der Waals surface area contributed by atoms with Crippen LogP contribution in [0.15, 0.2) is 0 Å². The van der Waals surface area contributed by atoms with Gasteiger partial charge in [0, 0.05) is 19.0 Å². The summed E-state index contributed by atoms with van der Waals surface area (Å²) in [5.74, 6) is 0.165. The second kappa shape index (κ2) is 5.84. The first kappa shape index (κ1) is 13.0. The molecule has 3 N–H and O–H groups in total. The molecule has 1 aliphatic heterocycles. The van der Waals surface area contributed by atoms with E-state index in [-0.39, 0.29) is 30.4 Å². The number of hydrogen-bond donors (Lipinski definition) is 3. The minimum Gasteiger partial charge on any atom is -0.350 e. The molecule has 1 aliphatic rings. The molecule has 1 rings (SSSR count). The van der Waals surface area contributed by atoms with Gasteiger partial charge in [-0.3, -0.25) is 9.59 Å². The molecule has 0 aromatic heterocycles. The van der Waals surface area contributed by atoms with Crippen molar-refractivity contribution < 1.29 is 9.59 Å². The monoisotopic (exact) mass is 227 g/mol. The molecule has 3 unspecified atom stereocenters. The Balaban J connectivity index is 2.39. The van der Waals surface area contributed by atoms with Gasteiger partial charge in [0.05, 0.1) is 6.54 Å². The molecule has 0 aromatic carbocycles. The van der Waals surface area contributed by atoms with Crippen LogP contribution in [0.3, 0.4) is 0 Å². The van der Waals surface area contributed by atoms with Crippen LogP contribution in [-0.2, 0) is 9.59 Å². The van der Waals surface area contributed by atoms with Crippen molar-refractivity contribution in [1.82, 2.24) is 16.0 Å². The highest BCUT2D eigenvalue weighted by Gasteiger charge is 2.28. The minimum absolute atomic E-state index is 0.0608. The summed E-state index contributed by atoms with van der Waals surface area (Å²) in [5, 5.41) is 8.78. The van der Waals surface area contributed by atoms with E-state index in [9.17, 15) is 9.59 Å². The molecule has 1 fully saturated rings. The van der Waals surface area contributed by atoms with Gasteiger partial charge in [-0.15, -0.1) is 0 Å². The Morgan fingerprint density at radius 3 is 2.62 bits per heavy atom. The Bertz CT molecular complexity index is 258. The van der Waals surface area contributed by atoms with Crippen molar-refractivity contribution in [3.63, 3.8) is 0 Å². The largest absolute Gasteiger partial charge is 0.350 e. The van der Waals surface area contributed by atoms with E-state index in [1.165, 1.54) is 6.92 Å². The van der Waals surface area contributed by atoms with Crippen molar-refractivity contribution in [2.75, 3.05) is 13.1 Å². The van der Waals surface area contributed by atoms with Crippen LogP contribution < -0.4 is 16.0 Å². The second-order valence-corrected chi connectivity index (χ2v) is 4.51. The fourth-order valence-corrected chi connectivity index (χ4v) is 2.05. The lowest BCUT2D eigenvalue weighted by Crippen LogP contribution is -2.57. The molecule has 5 nitrogen and oxygen atoms in total. The Labute approximate surface area is 96.4 Å². The number of amides is 2. The number of piperidine rings is 1. The van der Waals surface area contributed by atoms with Gasteiger partial charge < -0.3 is 16.0 Å². The number of carbonyl (C=O) groups is 2. The van der Waals surface area contributed by atoms with Crippen LogP contribution in [0.25, 0.3) is 0 Å². The number of hydrogen-bond acceptors (Lipinski definition) is 3. The third kappa shape index (κ3) is 3.81. The van der Waals surface area contributed by atoms with Gasteiger partial charge in [-0.05, 0) is 25.8 Å². The molecule has 0 radical (unpaired) electrons. The standard InChI is InChI=1S/C11H21N3O2/c1-7-4-5-12-8(2)11(7)14-10(16)6-13-9(3)15/h7-8,11-12H,4-6H2,1-3H3,(H,13,15)(H,14,16). The van der Waals surface area contributed by atoms with E-state index in [0.717, 1.165) is 13.0 Å². The summed E-state index contributed by atoms with van der Waals surface area (Å²) < 4.78 is 0. The first-order chi connectivity index (χ1) is 7.50. The van der Waals surface area contributed by atoms with E-state index in [1.807, 2.05) is 0 Å². The number of nitrogens with one attached hydrogen (secondary N) is 3. The predicted octanol–water partition coefficient (Wildman–Crippen LogP) is -0.375. The van der Waals surface area contributed by atoms with Crippen LogP contribution in [-0.4, -0.2) is 37.0 Å². The Kier molecular flexibility index (Phi) is 4.73. The van der Waals surface area contributed by atoms with Crippen molar-refractivity contribution in [2.24, 2.45) is 5.92 Å². The molecule has 16 heavy (non-hydrogen) atoms. The van der Waals surface area contributed by atoms with Gasteiger partial charge in [0.15, 0.2) is 0 Å². The zero-order valence-corrected chi connectivity index (χ0v) is 10.2. The second-order valence-electron chi connectivity index (χ2n) is 4.51. The van der Waals surface area contributed by atoms with E-state index in [1.54, 1.807) is 0 Å². The fraction of sp³-hybridized carbons (Fsp3) is 0.818. The van der Waals surface area contributed by atoms with Crippen LogP contribution in [0.2, 0.25) is 0 Å². The maximum Gasteiger partial charge on any atom is 0.239 e. The summed E-state index contributed by atoms with van der Waals surface area (Å²) in [6, 6.07) is 0.431. The Morgan fingerprint density at radius 2 is 2.06 bits per heavy atom. The van der Waals surface area contributed by atoms with Crippen LogP contribution in [0.4, 0.5) is 0 Å². The van der Waals surface area contributed by atoms with Crippen LogP contribution in [0.5, 0.6) is 0 Å². The number of carbonyl (C=O) groups excluding carboxylic acids is 2. The quantitative estimate of drug-likeness (QED) is 0.616. The van der Waals surface area contributed by atoms with Crippen LogP contribution in [0, 0.1) is 5.92 Å². The average Bonchev–Trinajstić information content (AvgIpc) is 2.21. The summed E-state index contributed by atoms with van der Waals surface area (Å²) in [6.07, 6.45) is 1.06. The topological polar surface area (TPSA) is 70.2 Å². The molecule has 1 heterocycles. The zero-order valence-electron chi connectivity index (χ0n) is 10.2. The van der Waals surface area contributed by atoms with E-state index in [4.69, 9.17) is 0 Å². The molecule has 0 saturated carbocycles. The maximum absolute atomic E-state index is 11.6. The highest BCUT2D eigenvalue weighted by atomic mass is 16.2. The van der Waals surface area contributed by atoms with E-state index >= 15 is 0 Å². The smallest absolute Gasteiger partial charge is 0.239 e. The van der Waals surface area contributed by atoms with Gasteiger partial charge in [-0.1, -0.05) is 6.92 Å². The number of rotatable bonds is 3. The normalized spacial score (nSPS) is 29.6. The van der Waals surface area contributed by atoms with Gasteiger partial charge in [-0.2, -0.15) is 0 Å². The molecule has 0 aromatic rings. The molecule has 3 atom stereocenters. The summed E-state index contributed by atoms with van der Waals surface area (Å²) in [7, 11) is 0. The first-order valence-corrected chi connectivity index (χ1v) is 5.78. The fourth-order valence-electron chi connectivity index (χ4n) is 2.05. The third-order valence-electron chi connectivity index (χ3n) is 3.04. The van der Waals surface area contributed by atoms with Gasteiger partial charge in [0.2, 0.25) is 11.8 Å². The van der Waals surface area contributed by atoms with Crippen molar-refractivity contribution in [3.05, 3.63) is 0 Å². The molecule has 0 aliphatic carbocycles. The van der Waals surface area contributed by atoms with E-state index < -0.39 is 0 Å². The molecule has 0 spiro atoms. The molecule has 5 heteroatoms. The van der Waals surface area contributed by atoms with Crippen LogP contribution >= 0.6 is 0 Å². The third-order valence-corrected chi connectivity index (χ3v) is 3.04. The van der Waals surface area contributed by atoms with Gasteiger partial charge in [-0.25, -0.2) is 0 Å². The highest BCUT2D eigenvalue weighted by molar-refractivity contribution is 5.83. The summed E-state index contributed by atoms with van der Waals surface area (Å²) >= 11 is 0. The highest BCUT2D eigenvalue weighted by Crippen LogP contribution is 2.15. The zero-order chi connectivity index (χ0) is 12.1. The lowest BCUT2D eigenvalue weighted by Gasteiger charge is -2.36. The minimum atomic E-state index is -0.182. The van der Waals surface area contributed by atoms with E-state index in [0.29, 0.717) is 5.92 Å². The molecular weight excluding hydrogens is 206 g/mol. The SMILES string of the molecule is CC(=O)NCC(=O)NC1C(C)CCNC1C. The van der Waals surface area contributed by atoms with Crippen molar-refractivity contribution in [3.8, 4) is 0 Å². The summed E-state index contributed by atoms with van der Waals surface area (Å²) in [4.78, 5) is 22.2. The lowest BCUT2D eigenvalue weighted by molar-refractivity contribution is -0.125. The molecule has 0 bridgehead atoms. The molecule has 92 valence electrons. The molecule has 2 amide bonds. The Hall–Kier alpha value is -1.10. The van der Waals surface area contributed by atoms with Gasteiger partial charge >= 0.3 is 0 Å². The maximum atomic E-state index is 11.6. The summed E-state index contributed by atoms with van der Waals surface area (Å²) in [6.45, 7) is 6.67. The first-order valence-electron chi connectivity index (χ1n) is 5.78. The Morgan fingerprint density at radius 1 is 1.38 bits per heavy atom. The molecule has 1 saturated heterocycles. The average molecular weight is 227 g/mol. The van der Waals surface area contributed by atoms with Gasteiger partial charge in [0.1, 0.15) is 0 Å². The van der Waals surface area contributed by atoms with Crippen molar-refractivity contribution >= 4 is 11.8 Å².